The number of ether oxygens (including phenoxy) is 2. The van der Waals surface area contributed by atoms with Crippen LogP contribution in [0.15, 0.2) is 66.9 Å². The van der Waals surface area contributed by atoms with E-state index >= 15 is 0 Å². The zero-order valence-electron chi connectivity index (χ0n) is 16.7. The van der Waals surface area contributed by atoms with Crippen LogP contribution in [-0.2, 0) is 17.3 Å². The van der Waals surface area contributed by atoms with Crippen molar-refractivity contribution in [3.8, 4) is 16.9 Å². The van der Waals surface area contributed by atoms with Crippen LogP contribution in [0.2, 0.25) is 5.02 Å². The molecule has 33 heavy (non-hydrogen) atoms. The molecule has 0 fully saturated rings. The van der Waals surface area contributed by atoms with Crippen LogP contribution < -0.4 is 4.74 Å². The topological polar surface area (TPSA) is 48.7 Å². The quantitative estimate of drug-likeness (QED) is 0.291. The van der Waals surface area contributed by atoms with Gasteiger partial charge in [-0.05, 0) is 59.5 Å². The number of rotatable bonds is 7. The first-order chi connectivity index (χ1) is 15.6. The van der Waals surface area contributed by atoms with E-state index in [0.29, 0.717) is 16.1 Å². The summed E-state index contributed by atoms with van der Waals surface area (Å²) in [4.78, 5) is 0. The fraction of sp³-hybridized carbons (Fsp3) is 0.182. The summed E-state index contributed by atoms with van der Waals surface area (Å²) >= 11 is 5.81. The first kappa shape index (κ1) is 22.9. The minimum Gasteiger partial charge on any atom is -0.406 e. The van der Waals surface area contributed by atoms with Gasteiger partial charge in [0.15, 0.2) is 5.65 Å². The van der Waals surface area contributed by atoms with Crippen molar-refractivity contribution < 1.29 is 31.4 Å². The number of hydrogen-bond acceptors (Lipinski definition) is 4. The van der Waals surface area contributed by atoms with Crippen LogP contribution >= 0.6 is 11.6 Å². The van der Waals surface area contributed by atoms with Crippen molar-refractivity contribution in [3.63, 3.8) is 0 Å². The second-order valence-corrected chi connectivity index (χ2v) is 7.42. The summed E-state index contributed by atoms with van der Waals surface area (Å²) in [5.41, 5.74) is 1.88. The van der Waals surface area contributed by atoms with Crippen LogP contribution in [-0.4, -0.2) is 27.6 Å². The number of hydrogen-bond donors (Lipinski definition) is 0. The predicted octanol–water partition coefficient (Wildman–Crippen LogP) is 6.26. The first-order valence-electron chi connectivity index (χ1n) is 9.58. The second-order valence-electron chi connectivity index (χ2n) is 6.98. The van der Waals surface area contributed by atoms with Crippen molar-refractivity contribution in [3.05, 3.63) is 83.3 Å². The molecule has 0 spiro atoms. The molecular weight excluding hydrogens is 469 g/mol. The average molecular weight is 484 g/mol. The lowest BCUT2D eigenvalue weighted by molar-refractivity contribution is -0.274. The summed E-state index contributed by atoms with van der Waals surface area (Å²) in [7, 11) is 0. The van der Waals surface area contributed by atoms with Crippen molar-refractivity contribution in [2.75, 3.05) is 6.61 Å². The van der Waals surface area contributed by atoms with Gasteiger partial charge in [0.05, 0.1) is 6.61 Å². The van der Waals surface area contributed by atoms with Gasteiger partial charge in [-0.25, -0.2) is 0 Å². The Kier molecular flexibility index (Phi) is 6.22. The fourth-order valence-corrected chi connectivity index (χ4v) is 3.25. The van der Waals surface area contributed by atoms with E-state index in [9.17, 15) is 22.0 Å². The molecule has 0 unspecified atom stereocenters. The number of benzene rings is 2. The van der Waals surface area contributed by atoms with Gasteiger partial charge < -0.3 is 9.47 Å². The SMILES string of the molecule is FC(F)(F)Oc1ccc(-c2ccc3nnc(C(F)(F)OCCc4ccc(Cl)cc4)n3c2)cc1. The Balaban J connectivity index is 1.52. The Morgan fingerprint density at radius 2 is 1.48 bits per heavy atom. The summed E-state index contributed by atoms with van der Waals surface area (Å²) in [6.45, 7) is -0.274. The van der Waals surface area contributed by atoms with Crippen LogP contribution in [0.1, 0.15) is 11.4 Å². The van der Waals surface area contributed by atoms with Crippen LogP contribution in [0, 0.1) is 0 Å². The van der Waals surface area contributed by atoms with Crippen molar-refractivity contribution >= 4 is 17.2 Å². The fourth-order valence-electron chi connectivity index (χ4n) is 3.12. The van der Waals surface area contributed by atoms with Crippen molar-refractivity contribution in [1.82, 2.24) is 14.6 Å². The molecule has 2 aromatic heterocycles. The lowest BCUT2D eigenvalue weighted by Gasteiger charge is -2.15. The minimum atomic E-state index is -4.81. The standard InChI is InChI=1S/C22H15ClF5N3O2/c23-17-6-1-14(2-7-17)11-12-32-21(24,25)20-30-29-19-10-5-16(13-31(19)20)15-3-8-18(9-4-15)33-22(26,27)28/h1-10,13H,11-12H2. The highest BCUT2D eigenvalue weighted by atomic mass is 35.5. The number of pyridine rings is 1. The largest absolute Gasteiger partial charge is 0.573 e. The molecule has 0 radical (unpaired) electrons. The molecule has 0 aliphatic carbocycles. The van der Waals surface area contributed by atoms with E-state index in [1.54, 1.807) is 30.3 Å². The summed E-state index contributed by atoms with van der Waals surface area (Å²) in [5, 5.41) is 7.85. The van der Waals surface area contributed by atoms with E-state index < -0.39 is 24.0 Å². The molecular formula is C22H15ClF5N3O2. The molecule has 0 atom stereocenters. The van der Waals surface area contributed by atoms with E-state index in [0.717, 1.165) is 22.1 Å². The minimum absolute atomic E-state index is 0.159. The summed E-state index contributed by atoms with van der Waals surface area (Å²) in [5.74, 6) is -1.11. The molecule has 2 heterocycles. The van der Waals surface area contributed by atoms with Crippen LogP contribution in [0.5, 0.6) is 5.75 Å². The number of fused-ring (bicyclic) bond motifs is 1. The second kappa shape index (κ2) is 8.95. The van der Waals surface area contributed by atoms with Crippen LogP contribution in [0.25, 0.3) is 16.8 Å². The third kappa shape index (κ3) is 5.58. The predicted molar refractivity (Wildman–Crippen MR) is 110 cm³/mol. The molecule has 0 amide bonds. The average Bonchev–Trinajstić information content (AvgIpc) is 3.19. The van der Waals surface area contributed by atoms with Gasteiger partial charge in [0.1, 0.15) is 5.75 Å². The van der Waals surface area contributed by atoms with Crippen molar-refractivity contribution in [2.24, 2.45) is 0 Å². The molecule has 0 saturated heterocycles. The Bertz CT molecular complexity index is 1240. The number of aromatic nitrogens is 3. The van der Waals surface area contributed by atoms with Gasteiger partial charge >= 0.3 is 12.5 Å². The summed E-state index contributed by atoms with van der Waals surface area (Å²) in [6.07, 6.45) is -6.94. The highest BCUT2D eigenvalue weighted by molar-refractivity contribution is 6.30. The Morgan fingerprint density at radius 3 is 2.15 bits per heavy atom. The molecule has 11 heteroatoms. The molecule has 2 aromatic carbocycles. The van der Waals surface area contributed by atoms with E-state index in [-0.39, 0.29) is 18.7 Å². The normalized spacial score (nSPS) is 12.3. The molecule has 0 aliphatic rings. The van der Waals surface area contributed by atoms with Gasteiger partial charge in [-0.1, -0.05) is 35.9 Å². The van der Waals surface area contributed by atoms with Crippen LogP contribution in [0.4, 0.5) is 22.0 Å². The van der Waals surface area contributed by atoms with E-state index in [1.165, 1.54) is 24.4 Å². The monoisotopic (exact) mass is 483 g/mol. The van der Waals surface area contributed by atoms with E-state index in [2.05, 4.69) is 14.9 Å². The summed E-state index contributed by atoms with van der Waals surface area (Å²) in [6, 6.07) is 14.8. The smallest absolute Gasteiger partial charge is 0.406 e. The molecule has 4 rings (SSSR count). The Hall–Kier alpha value is -3.24. The molecule has 0 saturated carbocycles. The molecule has 0 aliphatic heterocycles. The first-order valence-corrected chi connectivity index (χ1v) is 9.96. The van der Waals surface area contributed by atoms with E-state index in [4.69, 9.17) is 16.3 Å². The van der Waals surface area contributed by atoms with Gasteiger partial charge in [-0.15, -0.1) is 23.4 Å². The molecule has 4 aromatic rings. The van der Waals surface area contributed by atoms with Gasteiger partial charge in [0, 0.05) is 11.2 Å². The highest BCUT2D eigenvalue weighted by Gasteiger charge is 2.38. The number of nitrogens with zero attached hydrogens (tertiary/aromatic N) is 3. The maximum absolute atomic E-state index is 14.7. The number of alkyl halides is 5. The van der Waals surface area contributed by atoms with Crippen LogP contribution in [0.3, 0.4) is 0 Å². The van der Waals surface area contributed by atoms with Crippen molar-refractivity contribution in [1.29, 1.82) is 0 Å². The molecule has 172 valence electrons. The lowest BCUT2D eigenvalue weighted by Crippen LogP contribution is -2.23. The van der Waals surface area contributed by atoms with Gasteiger partial charge in [-0.3, -0.25) is 4.40 Å². The van der Waals surface area contributed by atoms with Gasteiger partial charge in [0.25, 0.3) is 0 Å². The Labute approximate surface area is 189 Å². The summed E-state index contributed by atoms with van der Waals surface area (Å²) < 4.78 is 76.2. The Morgan fingerprint density at radius 1 is 0.818 bits per heavy atom. The lowest BCUT2D eigenvalue weighted by atomic mass is 10.1. The van der Waals surface area contributed by atoms with Gasteiger partial charge in [-0.2, -0.15) is 8.78 Å². The molecule has 5 nitrogen and oxygen atoms in total. The maximum Gasteiger partial charge on any atom is 0.573 e. The third-order valence-electron chi connectivity index (χ3n) is 4.67. The van der Waals surface area contributed by atoms with E-state index in [1.807, 2.05) is 0 Å². The van der Waals surface area contributed by atoms with Gasteiger partial charge in [0.2, 0.25) is 5.82 Å². The zero-order valence-corrected chi connectivity index (χ0v) is 17.4. The maximum atomic E-state index is 14.7. The van der Waals surface area contributed by atoms with Crippen molar-refractivity contribution in [2.45, 2.75) is 18.9 Å². The highest BCUT2D eigenvalue weighted by Crippen LogP contribution is 2.31. The molecule has 0 N–H and O–H groups in total. The number of halogens is 6. The zero-order chi connectivity index (χ0) is 23.6. The molecule has 0 bridgehead atoms. The third-order valence-corrected chi connectivity index (χ3v) is 4.92.